The lowest BCUT2D eigenvalue weighted by atomic mass is 10.2. The maximum Gasteiger partial charge on any atom is 0.240 e. The van der Waals surface area contributed by atoms with Crippen LogP contribution in [0.3, 0.4) is 0 Å². The van der Waals surface area contributed by atoms with E-state index in [9.17, 15) is 4.79 Å². The SMILES string of the molecule is Cc1cccc(N2CCN(C(=O)CN3CCN(Cc4nc(C)no4)CC3)CC2)c1. The highest BCUT2D eigenvalue weighted by Gasteiger charge is 2.25. The number of aryl methyl sites for hydroxylation is 2. The molecule has 156 valence electrons. The molecule has 0 radical (unpaired) electrons. The van der Waals surface area contributed by atoms with E-state index >= 15 is 0 Å². The molecule has 1 aromatic heterocycles. The molecule has 2 fully saturated rings. The average Bonchev–Trinajstić information content (AvgIpc) is 3.14. The predicted molar refractivity (Wildman–Crippen MR) is 111 cm³/mol. The Kier molecular flexibility index (Phi) is 6.10. The number of hydrogen-bond donors (Lipinski definition) is 0. The maximum absolute atomic E-state index is 12.8. The molecule has 1 amide bonds. The molecule has 0 bridgehead atoms. The van der Waals surface area contributed by atoms with E-state index in [1.807, 2.05) is 11.8 Å². The Morgan fingerprint density at radius 1 is 1.00 bits per heavy atom. The third-order valence-electron chi connectivity index (χ3n) is 5.75. The summed E-state index contributed by atoms with van der Waals surface area (Å²) in [4.78, 5) is 26.0. The molecule has 0 atom stereocenters. The Morgan fingerprint density at radius 2 is 1.72 bits per heavy atom. The zero-order chi connectivity index (χ0) is 20.2. The number of hydrogen-bond acceptors (Lipinski definition) is 7. The minimum Gasteiger partial charge on any atom is -0.368 e. The van der Waals surface area contributed by atoms with Crippen LogP contribution in [0.5, 0.6) is 0 Å². The Hall–Kier alpha value is -2.45. The fourth-order valence-electron chi connectivity index (χ4n) is 4.03. The summed E-state index contributed by atoms with van der Waals surface area (Å²) in [7, 11) is 0. The Balaban J connectivity index is 1.19. The first-order chi connectivity index (χ1) is 14.1. The molecule has 0 aliphatic carbocycles. The van der Waals surface area contributed by atoms with Crippen LogP contribution in [0.2, 0.25) is 0 Å². The Bertz CT molecular complexity index is 822. The first-order valence-corrected chi connectivity index (χ1v) is 10.4. The molecule has 29 heavy (non-hydrogen) atoms. The molecule has 2 aliphatic rings. The van der Waals surface area contributed by atoms with Crippen molar-refractivity contribution < 1.29 is 9.32 Å². The second-order valence-corrected chi connectivity index (χ2v) is 7.99. The zero-order valence-corrected chi connectivity index (χ0v) is 17.4. The lowest BCUT2D eigenvalue weighted by Gasteiger charge is -2.38. The third-order valence-corrected chi connectivity index (χ3v) is 5.75. The topological polar surface area (TPSA) is 69.0 Å². The van der Waals surface area contributed by atoms with E-state index in [-0.39, 0.29) is 5.91 Å². The lowest BCUT2D eigenvalue weighted by Crippen LogP contribution is -2.53. The van der Waals surface area contributed by atoms with Crippen LogP contribution in [-0.4, -0.2) is 89.7 Å². The summed E-state index contributed by atoms with van der Waals surface area (Å²) in [5.41, 5.74) is 2.53. The van der Waals surface area contributed by atoms with E-state index in [1.54, 1.807) is 0 Å². The van der Waals surface area contributed by atoms with Crippen LogP contribution in [0.25, 0.3) is 0 Å². The van der Waals surface area contributed by atoms with Gasteiger partial charge in [-0.15, -0.1) is 0 Å². The molecular weight excluding hydrogens is 368 g/mol. The van der Waals surface area contributed by atoms with Gasteiger partial charge in [0, 0.05) is 58.0 Å². The van der Waals surface area contributed by atoms with Crippen molar-refractivity contribution in [2.75, 3.05) is 63.8 Å². The van der Waals surface area contributed by atoms with Crippen molar-refractivity contribution in [3.63, 3.8) is 0 Å². The van der Waals surface area contributed by atoms with Gasteiger partial charge < -0.3 is 14.3 Å². The van der Waals surface area contributed by atoms with Gasteiger partial charge in [-0.3, -0.25) is 14.6 Å². The van der Waals surface area contributed by atoms with E-state index in [4.69, 9.17) is 4.52 Å². The summed E-state index contributed by atoms with van der Waals surface area (Å²) in [5, 5.41) is 3.84. The van der Waals surface area contributed by atoms with Gasteiger partial charge in [0.1, 0.15) is 0 Å². The van der Waals surface area contributed by atoms with Crippen molar-refractivity contribution in [3.8, 4) is 0 Å². The van der Waals surface area contributed by atoms with Gasteiger partial charge >= 0.3 is 0 Å². The Morgan fingerprint density at radius 3 is 2.38 bits per heavy atom. The van der Waals surface area contributed by atoms with E-state index in [0.29, 0.717) is 24.8 Å². The van der Waals surface area contributed by atoms with Crippen LogP contribution in [0.15, 0.2) is 28.8 Å². The largest absolute Gasteiger partial charge is 0.368 e. The molecule has 2 saturated heterocycles. The second-order valence-electron chi connectivity index (χ2n) is 7.99. The highest BCUT2D eigenvalue weighted by atomic mass is 16.5. The molecule has 4 rings (SSSR count). The van der Waals surface area contributed by atoms with Crippen LogP contribution < -0.4 is 4.90 Å². The molecule has 0 N–H and O–H groups in total. The van der Waals surface area contributed by atoms with Crippen LogP contribution in [0.1, 0.15) is 17.3 Å². The first kappa shape index (κ1) is 19.8. The monoisotopic (exact) mass is 398 g/mol. The summed E-state index contributed by atoms with van der Waals surface area (Å²) >= 11 is 0. The molecule has 2 aromatic rings. The number of nitrogens with zero attached hydrogens (tertiary/aromatic N) is 6. The zero-order valence-electron chi connectivity index (χ0n) is 17.4. The van der Waals surface area contributed by atoms with Crippen molar-refractivity contribution in [2.24, 2.45) is 0 Å². The average molecular weight is 399 g/mol. The molecule has 0 spiro atoms. The number of benzene rings is 1. The van der Waals surface area contributed by atoms with Crippen molar-refractivity contribution >= 4 is 11.6 Å². The fourth-order valence-corrected chi connectivity index (χ4v) is 4.03. The summed E-state index contributed by atoms with van der Waals surface area (Å²) < 4.78 is 5.20. The molecule has 2 aliphatic heterocycles. The van der Waals surface area contributed by atoms with Crippen molar-refractivity contribution in [1.82, 2.24) is 24.8 Å². The van der Waals surface area contributed by atoms with Crippen molar-refractivity contribution in [3.05, 3.63) is 41.5 Å². The van der Waals surface area contributed by atoms with Gasteiger partial charge in [0.25, 0.3) is 0 Å². The van der Waals surface area contributed by atoms with Gasteiger partial charge in [-0.25, -0.2) is 0 Å². The minimum absolute atomic E-state index is 0.245. The fraction of sp³-hybridized carbons (Fsp3) is 0.571. The quantitative estimate of drug-likeness (QED) is 0.748. The van der Waals surface area contributed by atoms with Gasteiger partial charge in [0.05, 0.1) is 13.1 Å². The van der Waals surface area contributed by atoms with Gasteiger partial charge in [0.2, 0.25) is 11.8 Å². The van der Waals surface area contributed by atoms with Gasteiger partial charge in [-0.1, -0.05) is 17.3 Å². The molecule has 0 unspecified atom stereocenters. The normalized spacial score (nSPS) is 19.0. The number of amides is 1. The van der Waals surface area contributed by atoms with Gasteiger partial charge in [-0.05, 0) is 31.5 Å². The summed E-state index contributed by atoms with van der Waals surface area (Å²) in [6.45, 7) is 12.1. The number of anilines is 1. The predicted octanol–water partition coefficient (Wildman–Crippen LogP) is 1.15. The molecule has 1 aromatic carbocycles. The van der Waals surface area contributed by atoms with Gasteiger partial charge in [-0.2, -0.15) is 4.98 Å². The minimum atomic E-state index is 0.245. The maximum atomic E-state index is 12.8. The smallest absolute Gasteiger partial charge is 0.240 e. The molecule has 8 heteroatoms. The first-order valence-electron chi connectivity index (χ1n) is 10.4. The molecule has 3 heterocycles. The standard InChI is InChI=1S/C21H30N6O2/c1-17-4-3-5-19(14-17)26-10-12-27(13-11-26)21(28)16-25-8-6-24(7-9-25)15-20-22-18(2)23-29-20/h3-5,14H,6-13,15-16H2,1-2H3. The second kappa shape index (κ2) is 8.92. The van der Waals surface area contributed by atoms with Crippen LogP contribution in [0, 0.1) is 13.8 Å². The number of carbonyl (C=O) groups excluding carboxylic acids is 1. The van der Waals surface area contributed by atoms with Crippen LogP contribution in [-0.2, 0) is 11.3 Å². The number of carbonyl (C=O) groups is 1. The number of aromatic nitrogens is 2. The van der Waals surface area contributed by atoms with Crippen molar-refractivity contribution in [2.45, 2.75) is 20.4 Å². The third kappa shape index (κ3) is 5.13. The van der Waals surface area contributed by atoms with E-state index in [1.165, 1.54) is 11.3 Å². The Labute approximate surface area is 172 Å². The number of rotatable bonds is 5. The van der Waals surface area contributed by atoms with E-state index in [0.717, 1.165) is 52.4 Å². The van der Waals surface area contributed by atoms with Crippen LogP contribution in [0.4, 0.5) is 5.69 Å². The highest BCUT2D eigenvalue weighted by molar-refractivity contribution is 5.78. The van der Waals surface area contributed by atoms with E-state index in [2.05, 4.69) is 56.0 Å². The summed E-state index contributed by atoms with van der Waals surface area (Å²) in [6.07, 6.45) is 0. The summed E-state index contributed by atoms with van der Waals surface area (Å²) in [5.74, 6) is 1.58. The molecule has 8 nitrogen and oxygen atoms in total. The number of piperazine rings is 2. The van der Waals surface area contributed by atoms with Crippen LogP contribution >= 0.6 is 0 Å². The molecular formula is C21H30N6O2. The van der Waals surface area contributed by atoms with E-state index < -0.39 is 0 Å². The summed E-state index contributed by atoms with van der Waals surface area (Å²) in [6, 6.07) is 8.58. The lowest BCUT2D eigenvalue weighted by molar-refractivity contribution is -0.133. The molecule has 0 saturated carbocycles. The van der Waals surface area contributed by atoms with Gasteiger partial charge in [0.15, 0.2) is 5.82 Å². The van der Waals surface area contributed by atoms with Crippen molar-refractivity contribution in [1.29, 1.82) is 0 Å². The highest BCUT2D eigenvalue weighted by Crippen LogP contribution is 2.18.